The molecular formula is C13H25BrN6. The Kier molecular flexibility index (Phi) is 5.17. The number of nitrogens with one attached hydrogen (secondary N) is 1. The predicted octanol–water partition coefficient (Wildman–Crippen LogP) is 1.74. The maximum atomic E-state index is 5.90. The number of hydrogen-bond acceptors (Lipinski definition) is 5. The summed E-state index contributed by atoms with van der Waals surface area (Å²) in [4.78, 5) is 2.56. The maximum absolute atomic E-state index is 5.90. The first-order valence-electron chi connectivity index (χ1n) is 7.30. The average molecular weight is 345 g/mol. The lowest BCUT2D eigenvalue weighted by molar-refractivity contribution is 0.0397. The summed E-state index contributed by atoms with van der Waals surface area (Å²) < 4.78 is 2.56. The quantitative estimate of drug-likeness (QED) is 0.628. The average Bonchev–Trinajstić information content (AvgIpc) is 2.81. The third-order valence-electron chi connectivity index (χ3n) is 4.68. The van der Waals surface area contributed by atoms with Crippen molar-refractivity contribution in [3.63, 3.8) is 0 Å². The Morgan fingerprint density at radius 3 is 2.50 bits per heavy atom. The minimum absolute atomic E-state index is 0.0139. The van der Waals surface area contributed by atoms with E-state index in [0.29, 0.717) is 0 Å². The molecule has 6 nitrogen and oxygen atoms in total. The molecule has 7 heteroatoms. The molecular weight excluding hydrogens is 320 g/mol. The van der Waals surface area contributed by atoms with Crippen LogP contribution in [0.4, 0.5) is 0 Å². The molecule has 114 valence electrons. The maximum Gasteiger partial charge on any atom is 0.153 e. The van der Waals surface area contributed by atoms with Gasteiger partial charge in [-0.25, -0.2) is 10.1 Å². The number of piperidine rings is 1. The van der Waals surface area contributed by atoms with Crippen LogP contribution in [-0.4, -0.2) is 38.5 Å². The summed E-state index contributed by atoms with van der Waals surface area (Å²) in [6, 6.07) is -0.0139. The Labute approximate surface area is 129 Å². The van der Waals surface area contributed by atoms with E-state index < -0.39 is 0 Å². The summed E-state index contributed by atoms with van der Waals surface area (Å²) in [6.45, 7) is 6.76. The molecule has 2 unspecified atom stereocenters. The zero-order valence-corrected chi connectivity index (χ0v) is 14.2. The zero-order valence-electron chi connectivity index (χ0n) is 12.6. The third kappa shape index (κ3) is 2.77. The highest BCUT2D eigenvalue weighted by Crippen LogP contribution is 2.37. The second-order valence-corrected chi connectivity index (χ2v) is 6.50. The van der Waals surface area contributed by atoms with E-state index in [1.807, 2.05) is 7.05 Å². The number of aryl methyl sites for hydroxylation is 1. The van der Waals surface area contributed by atoms with Gasteiger partial charge in [-0.05, 0) is 55.2 Å². The summed E-state index contributed by atoms with van der Waals surface area (Å²) >= 11 is 3.50. The number of aromatic nitrogens is 3. The monoisotopic (exact) mass is 344 g/mol. The first-order chi connectivity index (χ1) is 9.54. The van der Waals surface area contributed by atoms with Crippen molar-refractivity contribution in [2.75, 3.05) is 13.1 Å². The number of rotatable bonds is 5. The van der Waals surface area contributed by atoms with Crippen molar-refractivity contribution in [2.45, 2.75) is 51.1 Å². The summed E-state index contributed by atoms with van der Waals surface area (Å²) in [7, 11) is 1.91. The van der Waals surface area contributed by atoms with Crippen molar-refractivity contribution < 1.29 is 0 Å². The van der Waals surface area contributed by atoms with E-state index in [4.69, 9.17) is 5.84 Å². The number of hydrazine groups is 1. The highest BCUT2D eigenvalue weighted by atomic mass is 79.9. The molecule has 0 amide bonds. The number of hydrogen-bond donors (Lipinski definition) is 2. The topological polar surface area (TPSA) is 72.0 Å². The fourth-order valence-electron chi connectivity index (χ4n) is 3.21. The molecule has 0 aliphatic carbocycles. The minimum atomic E-state index is -0.0484. The minimum Gasteiger partial charge on any atom is -0.296 e. The third-order valence-corrected chi connectivity index (χ3v) is 5.25. The van der Waals surface area contributed by atoms with Crippen LogP contribution in [0.25, 0.3) is 0 Å². The van der Waals surface area contributed by atoms with Crippen LogP contribution in [0, 0.1) is 0 Å². The lowest BCUT2D eigenvalue weighted by Gasteiger charge is -2.47. The molecule has 2 atom stereocenters. The van der Waals surface area contributed by atoms with Gasteiger partial charge < -0.3 is 0 Å². The Morgan fingerprint density at radius 1 is 1.40 bits per heavy atom. The lowest BCUT2D eigenvalue weighted by Crippen LogP contribution is -2.57. The molecule has 1 fully saturated rings. The van der Waals surface area contributed by atoms with Crippen molar-refractivity contribution in [3.8, 4) is 0 Å². The largest absolute Gasteiger partial charge is 0.296 e. The lowest BCUT2D eigenvalue weighted by atomic mass is 9.84. The molecule has 0 radical (unpaired) electrons. The first-order valence-corrected chi connectivity index (χ1v) is 8.10. The standard InChI is InChI=1S/C13H25BrN6/c1-4-13(2,20-8-6-5-7-9-20)11(16-15)10-12(14)17-18-19(10)3/h11,16H,4-9,15H2,1-3H3. The van der Waals surface area contributed by atoms with Crippen LogP contribution in [0.2, 0.25) is 0 Å². The Bertz CT molecular complexity index is 423. The SMILES string of the molecule is CCC(C)(C(NN)c1c(Br)nnn1C)N1CCCCC1. The molecule has 1 aromatic heterocycles. The van der Waals surface area contributed by atoms with Gasteiger partial charge >= 0.3 is 0 Å². The molecule has 1 saturated heterocycles. The van der Waals surface area contributed by atoms with Crippen LogP contribution in [-0.2, 0) is 7.05 Å². The molecule has 2 heterocycles. The molecule has 0 aromatic carbocycles. The van der Waals surface area contributed by atoms with E-state index in [-0.39, 0.29) is 11.6 Å². The van der Waals surface area contributed by atoms with Crippen LogP contribution in [0.15, 0.2) is 4.60 Å². The molecule has 3 N–H and O–H groups in total. The summed E-state index contributed by atoms with van der Waals surface area (Å²) in [5.74, 6) is 5.90. The first kappa shape index (κ1) is 15.9. The van der Waals surface area contributed by atoms with Crippen molar-refractivity contribution in [3.05, 3.63) is 10.3 Å². The molecule has 1 aliphatic rings. The molecule has 20 heavy (non-hydrogen) atoms. The summed E-state index contributed by atoms with van der Waals surface area (Å²) in [5, 5.41) is 8.18. The van der Waals surface area contributed by atoms with Gasteiger partial charge in [-0.3, -0.25) is 10.7 Å². The van der Waals surface area contributed by atoms with Crippen molar-refractivity contribution in [2.24, 2.45) is 12.9 Å². The van der Waals surface area contributed by atoms with Gasteiger partial charge in [0.15, 0.2) is 4.60 Å². The summed E-state index contributed by atoms with van der Waals surface area (Å²) in [5.41, 5.74) is 3.96. The van der Waals surface area contributed by atoms with Gasteiger partial charge in [-0.1, -0.05) is 18.6 Å². The van der Waals surface area contributed by atoms with Gasteiger partial charge in [0.2, 0.25) is 0 Å². The molecule has 2 rings (SSSR count). The van der Waals surface area contributed by atoms with E-state index >= 15 is 0 Å². The molecule has 0 saturated carbocycles. The van der Waals surface area contributed by atoms with Crippen molar-refractivity contribution >= 4 is 15.9 Å². The normalized spacial score (nSPS) is 21.6. The second-order valence-electron chi connectivity index (χ2n) is 5.75. The fraction of sp³-hybridized carbons (Fsp3) is 0.846. The Hall–Kier alpha value is -0.500. The number of likely N-dealkylation sites (tertiary alicyclic amines) is 1. The van der Waals surface area contributed by atoms with Gasteiger partial charge in [0, 0.05) is 12.6 Å². The van der Waals surface area contributed by atoms with E-state index in [2.05, 4.69) is 50.4 Å². The van der Waals surface area contributed by atoms with Crippen LogP contribution in [0.1, 0.15) is 51.3 Å². The van der Waals surface area contributed by atoms with Gasteiger partial charge in [-0.15, -0.1) is 5.10 Å². The van der Waals surface area contributed by atoms with Gasteiger partial charge in [0.25, 0.3) is 0 Å². The predicted molar refractivity (Wildman–Crippen MR) is 82.9 cm³/mol. The molecule has 0 spiro atoms. The number of nitrogens with two attached hydrogens (primary N) is 1. The second kappa shape index (κ2) is 6.51. The van der Waals surface area contributed by atoms with E-state index in [9.17, 15) is 0 Å². The van der Waals surface area contributed by atoms with E-state index in [1.54, 1.807) is 4.68 Å². The van der Waals surface area contributed by atoms with E-state index in [0.717, 1.165) is 29.8 Å². The summed E-state index contributed by atoms with van der Waals surface area (Å²) in [6.07, 6.45) is 4.86. The Morgan fingerprint density at radius 2 is 2.05 bits per heavy atom. The van der Waals surface area contributed by atoms with Gasteiger partial charge in [0.05, 0.1) is 11.7 Å². The fourth-order valence-corrected chi connectivity index (χ4v) is 3.77. The van der Waals surface area contributed by atoms with Gasteiger partial charge in [-0.2, -0.15) is 0 Å². The number of halogens is 1. The van der Waals surface area contributed by atoms with Crippen molar-refractivity contribution in [1.82, 2.24) is 25.3 Å². The highest BCUT2D eigenvalue weighted by molar-refractivity contribution is 9.10. The number of nitrogens with zero attached hydrogens (tertiary/aromatic N) is 4. The molecule has 1 aliphatic heterocycles. The van der Waals surface area contributed by atoms with Crippen LogP contribution in [0.5, 0.6) is 0 Å². The molecule has 1 aromatic rings. The van der Waals surface area contributed by atoms with Crippen LogP contribution < -0.4 is 11.3 Å². The van der Waals surface area contributed by atoms with E-state index in [1.165, 1.54) is 19.3 Å². The van der Waals surface area contributed by atoms with Gasteiger partial charge in [0.1, 0.15) is 0 Å². The Balaban J connectivity index is 2.36. The smallest absolute Gasteiger partial charge is 0.153 e. The van der Waals surface area contributed by atoms with Crippen LogP contribution >= 0.6 is 15.9 Å². The molecule has 0 bridgehead atoms. The zero-order chi connectivity index (χ0) is 14.8. The van der Waals surface area contributed by atoms with Crippen molar-refractivity contribution in [1.29, 1.82) is 0 Å². The van der Waals surface area contributed by atoms with Crippen LogP contribution in [0.3, 0.4) is 0 Å². The highest BCUT2D eigenvalue weighted by Gasteiger charge is 2.41.